The van der Waals surface area contributed by atoms with Gasteiger partial charge in [-0.3, -0.25) is 14.4 Å². The van der Waals surface area contributed by atoms with Gasteiger partial charge in [0.2, 0.25) is 11.9 Å². The van der Waals surface area contributed by atoms with Gasteiger partial charge in [0.25, 0.3) is 5.91 Å². The van der Waals surface area contributed by atoms with Crippen LogP contribution in [0.3, 0.4) is 0 Å². The molecule has 0 bridgehead atoms. The van der Waals surface area contributed by atoms with Crippen molar-refractivity contribution in [3.8, 4) is 5.75 Å². The van der Waals surface area contributed by atoms with Gasteiger partial charge in [0.15, 0.2) is 12.4 Å². The van der Waals surface area contributed by atoms with E-state index < -0.39 is 5.91 Å². The van der Waals surface area contributed by atoms with E-state index in [4.69, 9.17) is 33.7 Å². The number of ketones is 1. The number of nitrogens with one attached hydrogen (secondary N) is 3. The molecule has 0 spiro atoms. The summed E-state index contributed by atoms with van der Waals surface area (Å²) >= 11 is 15.9. The molecule has 40 heavy (non-hydrogen) atoms. The van der Waals surface area contributed by atoms with E-state index in [-0.39, 0.29) is 39.7 Å². The molecule has 0 saturated carbocycles. The molecule has 0 aliphatic rings. The molecular formula is C27H27BrCl2N6O4. The minimum atomic E-state index is -0.532. The normalized spacial score (nSPS) is 10.5. The van der Waals surface area contributed by atoms with Crippen LogP contribution in [0.4, 0.5) is 17.5 Å². The quantitative estimate of drug-likeness (QED) is 0.101. The Bertz CT molecular complexity index is 1440. The van der Waals surface area contributed by atoms with E-state index in [0.29, 0.717) is 59.0 Å². The molecule has 0 fully saturated rings. The number of Topliss-reactive ketones (excluding diaryl/α,β-unsaturated/α-hetero) is 1. The van der Waals surface area contributed by atoms with Gasteiger partial charge < -0.3 is 26.4 Å². The van der Waals surface area contributed by atoms with Gasteiger partial charge in [0.05, 0.1) is 9.50 Å². The van der Waals surface area contributed by atoms with Crippen molar-refractivity contribution in [2.45, 2.75) is 19.8 Å². The monoisotopic (exact) mass is 648 g/mol. The van der Waals surface area contributed by atoms with Crippen LogP contribution in [0.5, 0.6) is 5.75 Å². The van der Waals surface area contributed by atoms with Crippen LogP contribution in [0.2, 0.25) is 10.0 Å². The number of ether oxygens (including phenoxy) is 1. The summed E-state index contributed by atoms with van der Waals surface area (Å²) in [4.78, 5) is 44.6. The van der Waals surface area contributed by atoms with Crippen LogP contribution in [0.15, 0.2) is 59.2 Å². The summed E-state index contributed by atoms with van der Waals surface area (Å²) in [6, 6.07) is 9.69. The molecule has 0 atom stereocenters. The minimum absolute atomic E-state index is 0.0540. The van der Waals surface area contributed by atoms with Crippen LogP contribution in [0.1, 0.15) is 40.5 Å². The first-order chi connectivity index (χ1) is 19.1. The predicted molar refractivity (Wildman–Crippen MR) is 160 cm³/mol. The van der Waals surface area contributed by atoms with Crippen molar-refractivity contribution in [2.75, 3.05) is 30.3 Å². The Kier molecular flexibility index (Phi) is 11.3. The number of rotatable bonds is 14. The number of nitrogens with zero attached hydrogens (tertiary/aromatic N) is 2. The van der Waals surface area contributed by atoms with Gasteiger partial charge in [0, 0.05) is 36.1 Å². The summed E-state index contributed by atoms with van der Waals surface area (Å²) in [5, 5.41) is 9.08. The van der Waals surface area contributed by atoms with E-state index >= 15 is 0 Å². The number of hydrogen-bond acceptors (Lipinski definition) is 8. The van der Waals surface area contributed by atoms with Crippen LogP contribution in [-0.2, 0) is 4.79 Å². The largest absolute Gasteiger partial charge is 0.482 e. The standard InChI is InChI=1S/C27H27BrCl2N6O4/c1-3-15(2)24(38)18-8-9-20(23(30)22(18)29)40-14-21(37)32-10-5-11-33-26-19(28)13-34-27(36-26)35-17-7-4-6-16(12-17)25(31)39/h4,6-9,12-13H,2-3,5,10-11,14H2,1H3,(H2,31,39)(H,32,37)(H2,33,34,35,36). The molecule has 0 saturated heterocycles. The number of aromatic nitrogens is 2. The zero-order valence-electron chi connectivity index (χ0n) is 21.5. The molecule has 0 aliphatic heterocycles. The van der Waals surface area contributed by atoms with Crippen molar-refractivity contribution < 1.29 is 19.1 Å². The summed E-state index contributed by atoms with van der Waals surface area (Å²) in [6.07, 6.45) is 2.68. The number of carbonyl (C=O) groups excluding carboxylic acids is 3. The minimum Gasteiger partial charge on any atom is -0.482 e. The summed E-state index contributed by atoms with van der Waals surface area (Å²) in [6.45, 7) is 6.16. The maximum atomic E-state index is 12.3. The third kappa shape index (κ3) is 8.41. The lowest BCUT2D eigenvalue weighted by Gasteiger charge is -2.13. The van der Waals surface area contributed by atoms with Gasteiger partial charge in [-0.25, -0.2) is 4.98 Å². The molecule has 210 valence electrons. The number of hydrogen-bond donors (Lipinski definition) is 4. The average Bonchev–Trinajstić information content (AvgIpc) is 2.94. The fourth-order valence-electron chi connectivity index (χ4n) is 3.32. The van der Waals surface area contributed by atoms with Crippen molar-refractivity contribution >= 4 is 74.2 Å². The molecule has 1 heterocycles. The van der Waals surface area contributed by atoms with Crippen LogP contribution in [-0.4, -0.2) is 47.3 Å². The fraction of sp³-hybridized carbons (Fsp3) is 0.222. The summed E-state index contributed by atoms with van der Waals surface area (Å²) < 4.78 is 6.15. The van der Waals surface area contributed by atoms with E-state index in [0.717, 1.165) is 0 Å². The highest BCUT2D eigenvalue weighted by molar-refractivity contribution is 9.10. The Morgan fingerprint density at radius 3 is 2.62 bits per heavy atom. The van der Waals surface area contributed by atoms with Gasteiger partial charge >= 0.3 is 0 Å². The number of primary amides is 1. The lowest BCUT2D eigenvalue weighted by Crippen LogP contribution is -2.30. The van der Waals surface area contributed by atoms with Crippen LogP contribution in [0, 0.1) is 0 Å². The van der Waals surface area contributed by atoms with Gasteiger partial charge in [-0.2, -0.15) is 4.98 Å². The molecule has 3 rings (SSSR count). The second-order valence-electron chi connectivity index (χ2n) is 8.40. The highest BCUT2D eigenvalue weighted by Gasteiger charge is 2.18. The van der Waals surface area contributed by atoms with Gasteiger partial charge in [-0.05, 0) is 64.7 Å². The van der Waals surface area contributed by atoms with Crippen molar-refractivity contribution in [3.05, 3.63) is 80.4 Å². The van der Waals surface area contributed by atoms with E-state index in [1.807, 2.05) is 6.92 Å². The Morgan fingerprint density at radius 1 is 1.12 bits per heavy atom. The smallest absolute Gasteiger partial charge is 0.257 e. The lowest BCUT2D eigenvalue weighted by molar-refractivity contribution is -0.123. The molecular weight excluding hydrogens is 623 g/mol. The molecule has 2 aromatic carbocycles. The topological polar surface area (TPSA) is 148 Å². The molecule has 10 nitrogen and oxygen atoms in total. The van der Waals surface area contributed by atoms with E-state index in [9.17, 15) is 14.4 Å². The third-order valence-electron chi connectivity index (χ3n) is 5.51. The molecule has 1 aromatic heterocycles. The maximum absolute atomic E-state index is 12.3. The highest BCUT2D eigenvalue weighted by atomic mass is 79.9. The molecule has 0 radical (unpaired) electrons. The van der Waals surface area contributed by atoms with E-state index in [2.05, 4.69) is 48.4 Å². The molecule has 3 aromatic rings. The molecule has 13 heteroatoms. The zero-order valence-corrected chi connectivity index (χ0v) is 24.6. The van der Waals surface area contributed by atoms with E-state index in [1.54, 1.807) is 30.5 Å². The number of carbonyl (C=O) groups is 3. The van der Waals surface area contributed by atoms with Gasteiger partial charge in [-0.15, -0.1) is 0 Å². The first-order valence-corrected chi connectivity index (χ1v) is 13.7. The number of benzene rings is 2. The van der Waals surface area contributed by atoms with Crippen LogP contribution in [0.25, 0.3) is 0 Å². The number of nitrogens with two attached hydrogens (primary N) is 1. The summed E-state index contributed by atoms with van der Waals surface area (Å²) in [5.74, 6) is -0.0982. The fourth-order valence-corrected chi connectivity index (χ4v) is 4.11. The molecule has 2 amide bonds. The van der Waals surface area contributed by atoms with E-state index in [1.165, 1.54) is 12.1 Å². The lowest BCUT2D eigenvalue weighted by atomic mass is 10.0. The highest BCUT2D eigenvalue weighted by Crippen LogP contribution is 2.35. The second kappa shape index (κ2) is 14.6. The van der Waals surface area contributed by atoms with Crippen molar-refractivity contribution in [1.29, 1.82) is 0 Å². The predicted octanol–water partition coefficient (Wildman–Crippen LogP) is 5.53. The molecule has 5 N–H and O–H groups in total. The first-order valence-electron chi connectivity index (χ1n) is 12.1. The van der Waals surface area contributed by atoms with Crippen molar-refractivity contribution in [3.63, 3.8) is 0 Å². The van der Waals surface area contributed by atoms with Gasteiger partial charge in [0.1, 0.15) is 16.6 Å². The second-order valence-corrected chi connectivity index (χ2v) is 10.0. The summed E-state index contributed by atoms with van der Waals surface area (Å²) in [5.41, 5.74) is 6.96. The third-order valence-corrected chi connectivity index (χ3v) is 6.96. The first kappa shape index (κ1) is 30.9. The Morgan fingerprint density at radius 2 is 1.90 bits per heavy atom. The van der Waals surface area contributed by atoms with Gasteiger partial charge in [-0.1, -0.05) is 42.8 Å². The van der Waals surface area contributed by atoms with Crippen LogP contribution >= 0.6 is 39.1 Å². The van der Waals surface area contributed by atoms with Crippen LogP contribution < -0.4 is 26.4 Å². The SMILES string of the molecule is C=C(CC)C(=O)c1ccc(OCC(=O)NCCCNc2nc(Nc3cccc(C(N)=O)c3)ncc2Br)c(Cl)c1Cl. The number of amides is 2. The van der Waals surface area contributed by atoms with Crippen molar-refractivity contribution in [1.82, 2.24) is 15.3 Å². The number of halogens is 3. The number of allylic oxidation sites excluding steroid dienone is 1. The zero-order chi connectivity index (χ0) is 29.2. The average molecular weight is 650 g/mol. The Hall–Kier alpha value is -3.67. The Labute approximate surface area is 249 Å². The summed E-state index contributed by atoms with van der Waals surface area (Å²) in [7, 11) is 0. The Balaban J connectivity index is 1.44. The van der Waals surface area contributed by atoms with Crippen molar-refractivity contribution in [2.24, 2.45) is 5.73 Å². The maximum Gasteiger partial charge on any atom is 0.257 e. The molecule has 0 aliphatic carbocycles. The number of anilines is 3. The molecule has 0 unspecified atom stereocenters.